The Morgan fingerprint density at radius 3 is 2.34 bits per heavy atom. The molecule has 6 rings (SSSR count). The van der Waals surface area contributed by atoms with Crippen molar-refractivity contribution in [3.8, 4) is 11.4 Å². The minimum absolute atomic E-state index is 0.0402. The third-order valence-corrected chi connectivity index (χ3v) is 10.4. The lowest BCUT2D eigenvalue weighted by Gasteiger charge is -2.38. The zero-order chi connectivity index (χ0) is 29.4. The molecule has 0 N–H and O–H groups in total. The summed E-state index contributed by atoms with van der Waals surface area (Å²) >= 11 is 0. The van der Waals surface area contributed by atoms with E-state index in [1.54, 1.807) is 4.90 Å². The van der Waals surface area contributed by atoms with Crippen molar-refractivity contribution >= 4 is 22.6 Å². The molecule has 2 heterocycles. The van der Waals surface area contributed by atoms with Crippen LogP contribution in [0.4, 0.5) is 18.9 Å². The molecule has 2 bridgehead atoms. The van der Waals surface area contributed by atoms with Crippen LogP contribution >= 0.6 is 0 Å². The first-order valence-corrected chi connectivity index (χ1v) is 14.0. The van der Waals surface area contributed by atoms with Gasteiger partial charge in [0, 0.05) is 49.5 Å². The van der Waals surface area contributed by atoms with Gasteiger partial charge >= 0.3 is 0 Å². The van der Waals surface area contributed by atoms with E-state index >= 15 is 13.2 Å². The molecule has 10 heteroatoms. The second kappa shape index (κ2) is 9.51. The summed E-state index contributed by atoms with van der Waals surface area (Å²) in [5.41, 5.74) is -2.50. The number of aromatic carboxylic acids is 1. The van der Waals surface area contributed by atoms with Gasteiger partial charge in [0.2, 0.25) is 0 Å². The monoisotopic (exact) mass is 568 g/mol. The Balaban J connectivity index is 1.45. The van der Waals surface area contributed by atoms with Crippen LogP contribution < -0.4 is 20.2 Å². The maximum Gasteiger partial charge on any atom is 0.198 e. The Hall–Kier alpha value is -3.53. The lowest BCUT2D eigenvalue weighted by molar-refractivity contribution is -0.255. The Kier molecular flexibility index (Phi) is 6.41. The zero-order valence-electron chi connectivity index (χ0n) is 23.6. The lowest BCUT2D eigenvalue weighted by Crippen LogP contribution is -2.45. The number of hydrogen-bond donors (Lipinski definition) is 0. The number of nitrogens with zero attached hydrogens (tertiary/aromatic N) is 3. The predicted molar refractivity (Wildman–Crippen MR) is 147 cm³/mol. The smallest absolute Gasteiger partial charge is 0.198 e. The highest BCUT2D eigenvalue weighted by atomic mass is 19.1. The highest BCUT2D eigenvalue weighted by Crippen LogP contribution is 2.66. The van der Waals surface area contributed by atoms with Crippen molar-refractivity contribution in [2.75, 3.05) is 38.1 Å². The van der Waals surface area contributed by atoms with E-state index in [-0.39, 0.29) is 39.6 Å². The van der Waals surface area contributed by atoms with Crippen LogP contribution in [-0.2, 0) is 0 Å². The van der Waals surface area contributed by atoms with Gasteiger partial charge in [-0.3, -0.25) is 4.79 Å². The van der Waals surface area contributed by atoms with E-state index in [0.29, 0.717) is 32.1 Å². The second-order valence-electron chi connectivity index (χ2n) is 12.6. The van der Waals surface area contributed by atoms with Crippen LogP contribution in [0.1, 0.15) is 50.4 Å². The number of carboxylic acids is 1. The number of halogens is 3. The standard InChI is InChI=1S/C31H34F3N3O4/c1-30(2)17-7-8-31(30,3)24(13-17)41-23-6-5-18(14-21(23)32)37-16-20(29(39)40)28(38)19-15-22(33)27(25(34)26(19)37)36-11-9-35(4)10-12-36/h5-6,14-17,24H,7-13H2,1-4H3,(H,39,40)/p-1. The first kappa shape index (κ1) is 27.6. The third-order valence-electron chi connectivity index (χ3n) is 10.4. The molecule has 1 aromatic heterocycles. The molecule has 2 saturated carbocycles. The number of piperazine rings is 1. The van der Waals surface area contributed by atoms with Gasteiger partial charge in [0.25, 0.3) is 0 Å². The minimum Gasteiger partial charge on any atom is -0.545 e. The Bertz CT molecular complexity index is 1630. The number of aromatic nitrogens is 1. The number of benzene rings is 2. The molecular formula is C31H33F3N3O4-. The first-order valence-electron chi connectivity index (χ1n) is 14.0. The maximum atomic E-state index is 16.2. The van der Waals surface area contributed by atoms with E-state index in [1.165, 1.54) is 12.1 Å². The van der Waals surface area contributed by atoms with Crippen molar-refractivity contribution in [1.29, 1.82) is 0 Å². The number of likely N-dealkylation sites (N-methyl/N-ethyl adjacent to an activating group) is 1. The van der Waals surface area contributed by atoms with Crippen molar-refractivity contribution in [2.24, 2.45) is 16.7 Å². The maximum absolute atomic E-state index is 16.2. The molecule has 3 atom stereocenters. The largest absolute Gasteiger partial charge is 0.545 e. The molecule has 0 spiro atoms. The molecule has 2 aromatic carbocycles. The first-order chi connectivity index (χ1) is 19.3. The molecule has 3 fully saturated rings. The van der Waals surface area contributed by atoms with Crippen LogP contribution in [0.2, 0.25) is 0 Å². The zero-order valence-corrected chi connectivity index (χ0v) is 23.6. The van der Waals surface area contributed by atoms with Gasteiger partial charge in [-0.2, -0.15) is 0 Å². The lowest BCUT2D eigenvalue weighted by atomic mass is 9.70. The summed E-state index contributed by atoms with van der Waals surface area (Å²) in [6.07, 6.45) is 3.68. The fourth-order valence-corrected chi connectivity index (χ4v) is 7.27. The van der Waals surface area contributed by atoms with Gasteiger partial charge in [-0.05, 0) is 55.8 Å². The number of ether oxygens (including phenoxy) is 1. The predicted octanol–water partition coefficient (Wildman–Crippen LogP) is 4.12. The molecular weight excluding hydrogens is 535 g/mol. The number of carbonyl (C=O) groups excluding carboxylic acids is 1. The number of carboxylic acid groups (broad SMARTS) is 1. The molecule has 218 valence electrons. The van der Waals surface area contributed by atoms with E-state index < -0.39 is 39.8 Å². The van der Waals surface area contributed by atoms with Gasteiger partial charge in [0.05, 0.1) is 22.4 Å². The van der Waals surface area contributed by atoms with Gasteiger partial charge in [0.15, 0.2) is 22.8 Å². The summed E-state index contributed by atoms with van der Waals surface area (Å²) in [5.74, 6) is -3.98. The summed E-state index contributed by atoms with van der Waals surface area (Å²) in [6, 6.07) is 4.86. The molecule has 0 radical (unpaired) electrons. The summed E-state index contributed by atoms with van der Waals surface area (Å²) in [6.45, 7) is 8.53. The molecule has 1 saturated heterocycles. The minimum atomic E-state index is -1.80. The number of pyridine rings is 1. The third kappa shape index (κ3) is 4.13. The Morgan fingerprint density at radius 2 is 1.76 bits per heavy atom. The molecule has 41 heavy (non-hydrogen) atoms. The van der Waals surface area contributed by atoms with Crippen LogP contribution in [0.15, 0.2) is 35.3 Å². The van der Waals surface area contributed by atoms with Gasteiger partial charge in [-0.1, -0.05) is 20.8 Å². The van der Waals surface area contributed by atoms with Crippen molar-refractivity contribution < 1.29 is 27.8 Å². The van der Waals surface area contributed by atoms with E-state index in [1.807, 2.05) is 11.9 Å². The molecule has 0 amide bonds. The van der Waals surface area contributed by atoms with Crippen LogP contribution in [0.25, 0.3) is 16.6 Å². The SMILES string of the molecule is CN1CCN(c2c(F)cc3c(=O)c(C(=O)[O-])cn(-c4ccc(OC5CC6CCC5(C)C6(C)C)c(F)c4)c3c2F)CC1. The average Bonchev–Trinajstić information content (AvgIpc) is 3.25. The van der Waals surface area contributed by atoms with Crippen LogP contribution in [0, 0.1) is 34.2 Å². The van der Waals surface area contributed by atoms with E-state index in [2.05, 4.69) is 20.8 Å². The van der Waals surface area contributed by atoms with Crippen LogP contribution in [0.3, 0.4) is 0 Å². The van der Waals surface area contributed by atoms with Crippen molar-refractivity contribution in [2.45, 2.75) is 46.1 Å². The van der Waals surface area contributed by atoms with Gasteiger partial charge in [-0.25, -0.2) is 13.2 Å². The van der Waals surface area contributed by atoms with Crippen molar-refractivity contribution in [3.63, 3.8) is 0 Å². The number of anilines is 1. The van der Waals surface area contributed by atoms with Gasteiger partial charge in [-0.15, -0.1) is 0 Å². The van der Waals surface area contributed by atoms with Gasteiger partial charge in [0.1, 0.15) is 17.6 Å². The molecule has 3 aromatic rings. The van der Waals surface area contributed by atoms with E-state index in [4.69, 9.17) is 4.74 Å². The molecule has 7 nitrogen and oxygen atoms in total. The van der Waals surface area contributed by atoms with E-state index in [0.717, 1.165) is 42.2 Å². The van der Waals surface area contributed by atoms with E-state index in [9.17, 15) is 14.7 Å². The number of hydrogen-bond acceptors (Lipinski definition) is 6. The topological polar surface area (TPSA) is 77.8 Å². The van der Waals surface area contributed by atoms with Crippen LogP contribution in [-0.4, -0.2) is 54.8 Å². The highest BCUT2D eigenvalue weighted by molar-refractivity contribution is 5.93. The number of rotatable bonds is 5. The van der Waals surface area contributed by atoms with Crippen molar-refractivity contribution in [3.05, 3.63) is 63.7 Å². The van der Waals surface area contributed by atoms with Crippen LogP contribution in [0.5, 0.6) is 5.75 Å². The summed E-state index contributed by atoms with van der Waals surface area (Å²) in [5, 5.41) is 11.3. The number of fused-ring (bicyclic) bond motifs is 3. The molecule has 2 aliphatic carbocycles. The molecule has 1 aliphatic heterocycles. The summed E-state index contributed by atoms with van der Waals surface area (Å²) in [4.78, 5) is 28.4. The average molecular weight is 569 g/mol. The number of carbonyl (C=O) groups is 1. The summed E-state index contributed by atoms with van der Waals surface area (Å²) < 4.78 is 54.3. The van der Waals surface area contributed by atoms with Gasteiger partial charge < -0.3 is 29.0 Å². The second-order valence-corrected chi connectivity index (χ2v) is 12.6. The molecule has 3 aliphatic rings. The fraction of sp³-hybridized carbons (Fsp3) is 0.484. The van der Waals surface area contributed by atoms with Crippen molar-refractivity contribution in [1.82, 2.24) is 9.47 Å². The Labute approximate surface area is 236 Å². The highest BCUT2D eigenvalue weighted by Gasteiger charge is 2.62. The Morgan fingerprint density at radius 1 is 1.05 bits per heavy atom. The normalized spacial score (nSPS) is 25.7. The molecule has 3 unspecified atom stereocenters. The fourth-order valence-electron chi connectivity index (χ4n) is 7.27. The summed E-state index contributed by atoms with van der Waals surface area (Å²) in [7, 11) is 1.91. The quantitative estimate of drug-likeness (QED) is 0.461.